The Bertz CT molecular complexity index is 202. The van der Waals surface area contributed by atoms with Gasteiger partial charge >= 0.3 is 5.97 Å². The summed E-state index contributed by atoms with van der Waals surface area (Å²) in [6, 6.07) is 0. The highest BCUT2D eigenvalue weighted by Gasteiger charge is 2.14. The molecular weight excluding hydrogens is 176 g/mol. The fourth-order valence-corrected chi connectivity index (χ4v) is 1.02. The van der Waals surface area contributed by atoms with Crippen LogP contribution in [0.25, 0.3) is 0 Å². The highest BCUT2D eigenvalue weighted by molar-refractivity contribution is 5.69. The van der Waals surface area contributed by atoms with E-state index in [1.807, 2.05) is 13.8 Å². The number of hydrogen-bond acceptors (Lipinski definition) is 2. The number of ether oxygens (including phenoxy) is 1. The molecule has 0 aliphatic carbocycles. The predicted octanol–water partition coefficient (Wildman–Crippen LogP) is 3.32. The molecule has 0 aromatic rings. The molecule has 0 N–H and O–H groups in total. The highest BCUT2D eigenvalue weighted by atomic mass is 16.5. The van der Waals surface area contributed by atoms with E-state index in [9.17, 15) is 4.79 Å². The number of carbonyl (C=O) groups excluding carboxylic acids is 1. The maximum Gasteiger partial charge on any atom is 0.305 e. The van der Waals surface area contributed by atoms with Gasteiger partial charge in [-0.05, 0) is 33.1 Å². The number of carbonyl (C=O) groups is 1. The van der Waals surface area contributed by atoms with Crippen molar-refractivity contribution < 1.29 is 9.53 Å². The van der Waals surface area contributed by atoms with Gasteiger partial charge in [-0.2, -0.15) is 0 Å². The Morgan fingerprint density at radius 3 is 2.36 bits per heavy atom. The van der Waals surface area contributed by atoms with Crippen LogP contribution in [-0.2, 0) is 9.53 Å². The third-order valence-corrected chi connectivity index (χ3v) is 2.31. The lowest BCUT2D eigenvalue weighted by Gasteiger charge is -2.18. The molecule has 0 radical (unpaired) electrons. The van der Waals surface area contributed by atoms with Crippen LogP contribution in [0, 0.1) is 5.92 Å². The van der Waals surface area contributed by atoms with Crippen molar-refractivity contribution in [2.24, 2.45) is 5.92 Å². The molecule has 0 fully saturated rings. The van der Waals surface area contributed by atoms with Crippen molar-refractivity contribution in [3.63, 3.8) is 0 Å². The summed E-state index contributed by atoms with van der Waals surface area (Å²) in [5.41, 5.74) is 1.31. The zero-order chi connectivity index (χ0) is 11.1. The first-order chi connectivity index (χ1) is 6.47. The predicted molar refractivity (Wildman–Crippen MR) is 59.1 cm³/mol. The first kappa shape index (κ1) is 13.2. The van der Waals surface area contributed by atoms with Gasteiger partial charge in [-0.1, -0.05) is 25.5 Å². The van der Waals surface area contributed by atoms with Gasteiger partial charge in [-0.15, -0.1) is 0 Å². The largest absolute Gasteiger partial charge is 0.462 e. The lowest BCUT2D eigenvalue weighted by atomic mass is 10.0. The first-order valence-electron chi connectivity index (χ1n) is 5.30. The SMILES string of the molecule is CCC(=O)OC(C)C(C)CC=C(C)C. The van der Waals surface area contributed by atoms with Crippen molar-refractivity contribution in [3.05, 3.63) is 11.6 Å². The summed E-state index contributed by atoms with van der Waals surface area (Å²) >= 11 is 0. The number of esters is 1. The van der Waals surface area contributed by atoms with E-state index in [-0.39, 0.29) is 12.1 Å². The van der Waals surface area contributed by atoms with E-state index in [4.69, 9.17) is 4.74 Å². The summed E-state index contributed by atoms with van der Waals surface area (Å²) in [5, 5.41) is 0. The van der Waals surface area contributed by atoms with Crippen molar-refractivity contribution in [2.45, 2.75) is 53.6 Å². The number of allylic oxidation sites excluding steroid dienone is 2. The van der Waals surface area contributed by atoms with Crippen molar-refractivity contribution in [3.8, 4) is 0 Å². The molecule has 0 saturated heterocycles. The van der Waals surface area contributed by atoms with E-state index >= 15 is 0 Å². The maximum absolute atomic E-state index is 11.0. The molecule has 0 rings (SSSR count). The van der Waals surface area contributed by atoms with Gasteiger partial charge in [0, 0.05) is 6.42 Å². The van der Waals surface area contributed by atoms with E-state index < -0.39 is 0 Å². The summed E-state index contributed by atoms with van der Waals surface area (Å²) in [4.78, 5) is 11.0. The molecule has 2 unspecified atom stereocenters. The van der Waals surface area contributed by atoms with Gasteiger partial charge in [0.15, 0.2) is 0 Å². The highest BCUT2D eigenvalue weighted by Crippen LogP contribution is 2.13. The minimum atomic E-state index is -0.110. The van der Waals surface area contributed by atoms with Crippen LogP contribution < -0.4 is 0 Å². The van der Waals surface area contributed by atoms with Gasteiger partial charge in [0.05, 0.1) is 0 Å². The lowest BCUT2D eigenvalue weighted by molar-refractivity contribution is -0.150. The Hall–Kier alpha value is -0.790. The third kappa shape index (κ3) is 5.79. The molecule has 82 valence electrons. The van der Waals surface area contributed by atoms with Crippen molar-refractivity contribution in [1.29, 1.82) is 0 Å². The van der Waals surface area contributed by atoms with Gasteiger partial charge in [0.1, 0.15) is 6.10 Å². The fraction of sp³-hybridized carbons (Fsp3) is 0.750. The molecular formula is C12H22O2. The van der Waals surface area contributed by atoms with Crippen LogP contribution in [0.4, 0.5) is 0 Å². The fourth-order valence-electron chi connectivity index (χ4n) is 1.02. The molecule has 0 spiro atoms. The Morgan fingerprint density at radius 2 is 1.93 bits per heavy atom. The van der Waals surface area contributed by atoms with Crippen LogP contribution in [0.15, 0.2) is 11.6 Å². The van der Waals surface area contributed by atoms with Gasteiger partial charge in [-0.25, -0.2) is 0 Å². The van der Waals surface area contributed by atoms with Crippen LogP contribution in [0.3, 0.4) is 0 Å². The molecule has 0 amide bonds. The second-order valence-corrected chi connectivity index (χ2v) is 4.04. The normalized spacial score (nSPS) is 14.4. The Morgan fingerprint density at radius 1 is 1.36 bits per heavy atom. The molecule has 0 aromatic heterocycles. The summed E-state index contributed by atoms with van der Waals surface area (Å²) < 4.78 is 5.23. The Kier molecular flexibility index (Phi) is 6.26. The molecule has 2 atom stereocenters. The smallest absolute Gasteiger partial charge is 0.305 e. The molecule has 0 heterocycles. The van der Waals surface area contributed by atoms with E-state index in [0.717, 1.165) is 6.42 Å². The second-order valence-electron chi connectivity index (χ2n) is 4.04. The average molecular weight is 198 g/mol. The molecule has 0 aliphatic heterocycles. The average Bonchev–Trinajstić information content (AvgIpc) is 2.13. The molecule has 14 heavy (non-hydrogen) atoms. The van der Waals surface area contributed by atoms with Crippen LogP contribution in [0.2, 0.25) is 0 Å². The van der Waals surface area contributed by atoms with Crippen LogP contribution >= 0.6 is 0 Å². The first-order valence-corrected chi connectivity index (χ1v) is 5.30. The molecule has 0 bridgehead atoms. The van der Waals surface area contributed by atoms with Crippen molar-refractivity contribution in [2.75, 3.05) is 0 Å². The van der Waals surface area contributed by atoms with E-state index in [0.29, 0.717) is 12.3 Å². The van der Waals surface area contributed by atoms with Crippen molar-refractivity contribution >= 4 is 5.97 Å². The second kappa shape index (κ2) is 6.63. The minimum Gasteiger partial charge on any atom is -0.462 e. The summed E-state index contributed by atoms with van der Waals surface area (Å²) in [7, 11) is 0. The molecule has 2 heteroatoms. The van der Waals surface area contributed by atoms with Gasteiger partial charge in [0.2, 0.25) is 0 Å². The van der Waals surface area contributed by atoms with Crippen LogP contribution in [0.5, 0.6) is 0 Å². The Balaban J connectivity index is 3.93. The van der Waals surface area contributed by atoms with Gasteiger partial charge in [-0.3, -0.25) is 4.79 Å². The zero-order valence-electron chi connectivity index (χ0n) is 9.96. The lowest BCUT2D eigenvalue weighted by Crippen LogP contribution is -2.21. The number of hydrogen-bond donors (Lipinski definition) is 0. The minimum absolute atomic E-state index is 0.0121. The molecule has 0 aliphatic rings. The zero-order valence-corrected chi connectivity index (χ0v) is 9.96. The van der Waals surface area contributed by atoms with E-state index in [1.54, 1.807) is 0 Å². The van der Waals surface area contributed by atoms with Gasteiger partial charge in [0.25, 0.3) is 0 Å². The van der Waals surface area contributed by atoms with Crippen LogP contribution in [0.1, 0.15) is 47.5 Å². The number of rotatable bonds is 5. The molecule has 0 saturated carbocycles. The third-order valence-electron chi connectivity index (χ3n) is 2.31. The summed E-state index contributed by atoms with van der Waals surface area (Å²) in [6.45, 7) is 10.0. The van der Waals surface area contributed by atoms with Crippen molar-refractivity contribution in [1.82, 2.24) is 0 Å². The standard InChI is InChI=1S/C12H22O2/c1-6-12(13)14-11(5)10(4)8-7-9(2)3/h7,10-11H,6,8H2,1-5H3. The molecule has 0 aromatic carbocycles. The maximum atomic E-state index is 11.0. The summed E-state index contributed by atoms with van der Waals surface area (Å²) in [6.07, 6.45) is 3.62. The Labute approximate surface area is 87.3 Å². The van der Waals surface area contributed by atoms with E-state index in [2.05, 4.69) is 26.8 Å². The monoisotopic (exact) mass is 198 g/mol. The quantitative estimate of drug-likeness (QED) is 0.500. The van der Waals surface area contributed by atoms with Gasteiger partial charge < -0.3 is 4.74 Å². The molecule has 2 nitrogen and oxygen atoms in total. The van der Waals surface area contributed by atoms with E-state index in [1.165, 1.54) is 5.57 Å². The topological polar surface area (TPSA) is 26.3 Å². The summed E-state index contributed by atoms with van der Waals surface area (Å²) in [5.74, 6) is 0.280. The van der Waals surface area contributed by atoms with Crippen LogP contribution in [-0.4, -0.2) is 12.1 Å².